The van der Waals surface area contributed by atoms with Crippen molar-refractivity contribution >= 4 is 27.7 Å². The second-order valence-electron chi connectivity index (χ2n) is 6.71. The summed E-state index contributed by atoms with van der Waals surface area (Å²) in [6.45, 7) is 8.27. The smallest absolute Gasteiger partial charge is 0.261 e. The molecule has 2 amide bonds. The summed E-state index contributed by atoms with van der Waals surface area (Å²) >= 11 is 3.45. The van der Waals surface area contributed by atoms with E-state index in [1.165, 1.54) is 0 Å². The molecule has 0 radical (unpaired) electrons. The van der Waals surface area contributed by atoms with Gasteiger partial charge < -0.3 is 15.0 Å². The fourth-order valence-corrected chi connectivity index (χ4v) is 3.29. The number of hydrogen-bond acceptors (Lipinski definition) is 3. The van der Waals surface area contributed by atoms with Crippen molar-refractivity contribution in [3.63, 3.8) is 0 Å². The predicted octanol–water partition coefficient (Wildman–Crippen LogP) is 4.00. The SMILES string of the molecule is CCNC(=O)[C@@H](C)N(Cc1cccc(Br)c1)C(=O)COc1cccc(C)c1C. The van der Waals surface area contributed by atoms with Crippen LogP contribution >= 0.6 is 15.9 Å². The van der Waals surface area contributed by atoms with Crippen LogP contribution < -0.4 is 10.1 Å². The maximum atomic E-state index is 13.0. The largest absolute Gasteiger partial charge is 0.483 e. The first-order valence-electron chi connectivity index (χ1n) is 9.34. The molecule has 0 aliphatic rings. The van der Waals surface area contributed by atoms with Gasteiger partial charge in [0.1, 0.15) is 11.8 Å². The maximum absolute atomic E-state index is 13.0. The number of carbonyl (C=O) groups excluding carboxylic acids is 2. The summed E-state index contributed by atoms with van der Waals surface area (Å²) in [7, 11) is 0. The van der Waals surface area contributed by atoms with Gasteiger partial charge in [-0.25, -0.2) is 0 Å². The fraction of sp³-hybridized carbons (Fsp3) is 0.364. The Hall–Kier alpha value is -2.34. The summed E-state index contributed by atoms with van der Waals surface area (Å²) in [5, 5.41) is 2.79. The molecule has 0 saturated heterocycles. The molecule has 0 aromatic heterocycles. The molecule has 2 rings (SSSR count). The van der Waals surface area contributed by atoms with Crippen molar-refractivity contribution in [3.05, 3.63) is 63.6 Å². The van der Waals surface area contributed by atoms with Gasteiger partial charge in [0.05, 0.1) is 0 Å². The molecule has 0 fully saturated rings. The van der Waals surface area contributed by atoms with E-state index < -0.39 is 6.04 Å². The highest BCUT2D eigenvalue weighted by Crippen LogP contribution is 2.21. The predicted molar refractivity (Wildman–Crippen MR) is 114 cm³/mol. The number of halogens is 1. The van der Waals surface area contributed by atoms with Crippen LogP contribution in [-0.4, -0.2) is 35.9 Å². The van der Waals surface area contributed by atoms with Crippen LogP contribution in [0.4, 0.5) is 0 Å². The summed E-state index contributed by atoms with van der Waals surface area (Å²) in [5.41, 5.74) is 3.04. The molecule has 2 aromatic rings. The van der Waals surface area contributed by atoms with Gasteiger partial charge in [0, 0.05) is 17.6 Å². The Balaban J connectivity index is 2.17. The lowest BCUT2D eigenvalue weighted by atomic mass is 10.1. The minimum atomic E-state index is -0.603. The Morgan fingerprint density at radius 1 is 1.18 bits per heavy atom. The number of rotatable bonds is 8. The standard InChI is InChI=1S/C22H27BrN2O3/c1-5-24-22(27)17(4)25(13-18-9-7-10-19(23)12-18)21(26)14-28-20-11-6-8-15(2)16(20)3/h6-12,17H,5,13-14H2,1-4H3,(H,24,27)/t17-/m1/s1. The average molecular weight is 447 g/mol. The Bertz CT molecular complexity index is 838. The van der Waals surface area contributed by atoms with Gasteiger partial charge in [0.2, 0.25) is 5.91 Å². The van der Waals surface area contributed by atoms with E-state index in [9.17, 15) is 9.59 Å². The lowest BCUT2D eigenvalue weighted by Gasteiger charge is -2.28. The summed E-state index contributed by atoms with van der Waals surface area (Å²) in [5.74, 6) is 0.263. The lowest BCUT2D eigenvalue weighted by molar-refractivity contribution is -0.142. The molecule has 0 aliphatic heterocycles. The lowest BCUT2D eigenvalue weighted by Crippen LogP contribution is -2.49. The topological polar surface area (TPSA) is 58.6 Å². The van der Waals surface area contributed by atoms with E-state index >= 15 is 0 Å². The average Bonchev–Trinajstić information content (AvgIpc) is 2.66. The van der Waals surface area contributed by atoms with E-state index in [2.05, 4.69) is 21.2 Å². The zero-order valence-corrected chi connectivity index (χ0v) is 18.4. The summed E-state index contributed by atoms with van der Waals surface area (Å²) in [6, 6.07) is 12.9. The molecule has 0 aliphatic carbocycles. The van der Waals surface area contributed by atoms with Crippen LogP contribution in [0.25, 0.3) is 0 Å². The number of ether oxygens (including phenoxy) is 1. The van der Waals surface area contributed by atoms with E-state index in [4.69, 9.17) is 4.74 Å². The highest BCUT2D eigenvalue weighted by atomic mass is 79.9. The zero-order valence-electron chi connectivity index (χ0n) is 16.8. The van der Waals surface area contributed by atoms with E-state index in [1.807, 2.05) is 63.2 Å². The van der Waals surface area contributed by atoms with Gasteiger partial charge in [0.25, 0.3) is 5.91 Å². The molecule has 0 heterocycles. The minimum absolute atomic E-state index is 0.123. The van der Waals surface area contributed by atoms with Crippen LogP contribution in [0.15, 0.2) is 46.9 Å². The quantitative estimate of drug-likeness (QED) is 0.666. The Labute approximate surface area is 175 Å². The van der Waals surface area contributed by atoms with Gasteiger partial charge in [-0.05, 0) is 62.6 Å². The molecule has 6 heteroatoms. The van der Waals surface area contributed by atoms with Crippen LogP contribution in [0.3, 0.4) is 0 Å². The molecular formula is C22H27BrN2O3. The van der Waals surface area contributed by atoms with Crippen molar-refractivity contribution in [3.8, 4) is 5.75 Å². The Morgan fingerprint density at radius 2 is 1.89 bits per heavy atom. The summed E-state index contributed by atoms with van der Waals surface area (Å²) in [4.78, 5) is 26.9. The molecule has 1 N–H and O–H groups in total. The molecule has 0 bridgehead atoms. The van der Waals surface area contributed by atoms with Gasteiger partial charge in [0.15, 0.2) is 6.61 Å². The second kappa shape index (κ2) is 10.3. The van der Waals surface area contributed by atoms with Gasteiger partial charge in [-0.15, -0.1) is 0 Å². The Morgan fingerprint density at radius 3 is 2.57 bits per heavy atom. The molecule has 2 aromatic carbocycles. The van der Waals surface area contributed by atoms with Crippen LogP contribution in [0.5, 0.6) is 5.75 Å². The number of nitrogens with zero attached hydrogens (tertiary/aromatic N) is 1. The van der Waals surface area contributed by atoms with Crippen molar-refractivity contribution in [1.29, 1.82) is 0 Å². The number of likely N-dealkylation sites (N-methyl/N-ethyl adjacent to an activating group) is 1. The third kappa shape index (κ3) is 5.83. The van der Waals surface area contributed by atoms with Crippen LogP contribution in [0, 0.1) is 13.8 Å². The fourth-order valence-electron chi connectivity index (χ4n) is 2.84. The second-order valence-corrected chi connectivity index (χ2v) is 7.62. The van der Waals surface area contributed by atoms with Crippen LogP contribution in [0.2, 0.25) is 0 Å². The third-order valence-electron chi connectivity index (χ3n) is 4.67. The molecule has 150 valence electrons. The third-order valence-corrected chi connectivity index (χ3v) is 5.16. The van der Waals surface area contributed by atoms with Gasteiger partial charge in [-0.1, -0.05) is 40.2 Å². The maximum Gasteiger partial charge on any atom is 0.261 e. The monoisotopic (exact) mass is 446 g/mol. The molecule has 0 unspecified atom stereocenters. The number of amides is 2. The first kappa shape index (κ1) is 22.0. The van der Waals surface area contributed by atoms with Crippen molar-refractivity contribution in [1.82, 2.24) is 10.2 Å². The molecule has 1 atom stereocenters. The van der Waals surface area contributed by atoms with Crippen molar-refractivity contribution in [2.75, 3.05) is 13.2 Å². The van der Waals surface area contributed by atoms with Crippen molar-refractivity contribution in [2.24, 2.45) is 0 Å². The van der Waals surface area contributed by atoms with Crippen LogP contribution in [-0.2, 0) is 16.1 Å². The normalized spacial score (nSPS) is 11.6. The van der Waals surface area contributed by atoms with E-state index in [1.54, 1.807) is 11.8 Å². The van der Waals surface area contributed by atoms with Crippen LogP contribution in [0.1, 0.15) is 30.5 Å². The summed E-state index contributed by atoms with van der Waals surface area (Å²) in [6.07, 6.45) is 0. The first-order chi connectivity index (χ1) is 13.3. The van der Waals surface area contributed by atoms with Gasteiger partial charge >= 0.3 is 0 Å². The number of benzene rings is 2. The van der Waals surface area contributed by atoms with E-state index in [0.717, 1.165) is 21.2 Å². The van der Waals surface area contributed by atoms with Crippen molar-refractivity contribution < 1.29 is 14.3 Å². The van der Waals surface area contributed by atoms with Gasteiger partial charge in [-0.2, -0.15) is 0 Å². The van der Waals surface area contributed by atoms with Crippen molar-refractivity contribution in [2.45, 2.75) is 40.3 Å². The highest BCUT2D eigenvalue weighted by Gasteiger charge is 2.26. The molecule has 0 saturated carbocycles. The van der Waals surface area contributed by atoms with E-state index in [0.29, 0.717) is 18.8 Å². The number of nitrogens with one attached hydrogen (secondary N) is 1. The van der Waals surface area contributed by atoms with E-state index in [-0.39, 0.29) is 18.4 Å². The zero-order chi connectivity index (χ0) is 20.7. The molecule has 0 spiro atoms. The molecule has 5 nitrogen and oxygen atoms in total. The van der Waals surface area contributed by atoms with Gasteiger partial charge in [-0.3, -0.25) is 9.59 Å². The number of carbonyl (C=O) groups is 2. The highest BCUT2D eigenvalue weighted by molar-refractivity contribution is 9.10. The molecular weight excluding hydrogens is 420 g/mol. The Kier molecular flexibility index (Phi) is 8.05. The summed E-state index contributed by atoms with van der Waals surface area (Å²) < 4.78 is 6.71. The first-order valence-corrected chi connectivity index (χ1v) is 10.1. The molecule has 28 heavy (non-hydrogen) atoms. The number of aryl methyl sites for hydroxylation is 1. The minimum Gasteiger partial charge on any atom is -0.483 e. The number of hydrogen-bond donors (Lipinski definition) is 1.